The zero-order valence-corrected chi connectivity index (χ0v) is 11.1. The molecular weight excluding hydrogens is 216 g/mol. The highest BCUT2D eigenvalue weighted by Crippen LogP contribution is 2.12. The number of aryl methyl sites for hydroxylation is 3. The normalized spacial score (nSPS) is 9.94. The van der Waals surface area contributed by atoms with Gasteiger partial charge < -0.3 is 10.6 Å². The van der Waals surface area contributed by atoms with Gasteiger partial charge in [-0.1, -0.05) is 23.8 Å². The minimum absolute atomic E-state index is 0.723. The molecule has 0 aliphatic carbocycles. The van der Waals surface area contributed by atoms with E-state index in [1.165, 1.54) is 16.7 Å². The summed E-state index contributed by atoms with van der Waals surface area (Å²) in [5.74, 6) is 0. The average Bonchev–Trinajstić information content (AvgIpc) is 2.26. The second-order valence-corrected chi connectivity index (χ2v) is 4.45. The van der Waals surface area contributed by atoms with Crippen molar-refractivity contribution in [2.45, 2.75) is 26.7 Å². The van der Waals surface area contributed by atoms with Gasteiger partial charge in [-0.2, -0.15) is 0 Å². The summed E-state index contributed by atoms with van der Waals surface area (Å²) < 4.78 is 0. The van der Waals surface area contributed by atoms with Crippen molar-refractivity contribution in [1.29, 1.82) is 0 Å². The van der Waals surface area contributed by atoms with Crippen molar-refractivity contribution in [2.75, 3.05) is 13.6 Å². The molecule has 0 aliphatic heterocycles. The highest BCUT2D eigenvalue weighted by atomic mass is 32.1. The van der Waals surface area contributed by atoms with E-state index in [1.54, 1.807) is 0 Å². The fraction of sp³-hybridized carbons (Fsp3) is 0.462. The lowest BCUT2D eigenvalue weighted by Crippen LogP contribution is -2.33. The number of rotatable bonds is 4. The first kappa shape index (κ1) is 13.0. The maximum absolute atomic E-state index is 5.01. The van der Waals surface area contributed by atoms with E-state index < -0.39 is 0 Å². The number of benzene rings is 1. The lowest BCUT2D eigenvalue weighted by molar-refractivity contribution is 0.764. The molecule has 0 saturated carbocycles. The van der Waals surface area contributed by atoms with Gasteiger partial charge in [0.1, 0.15) is 0 Å². The van der Waals surface area contributed by atoms with Gasteiger partial charge in [0.25, 0.3) is 0 Å². The summed E-state index contributed by atoms with van der Waals surface area (Å²) in [6, 6.07) is 6.63. The van der Waals surface area contributed by atoms with Gasteiger partial charge in [0.2, 0.25) is 0 Å². The third-order valence-electron chi connectivity index (χ3n) is 2.63. The van der Waals surface area contributed by atoms with E-state index in [9.17, 15) is 0 Å². The van der Waals surface area contributed by atoms with E-state index in [0.717, 1.165) is 24.5 Å². The van der Waals surface area contributed by atoms with Crippen LogP contribution >= 0.6 is 12.2 Å². The average molecular weight is 236 g/mol. The summed E-state index contributed by atoms with van der Waals surface area (Å²) in [5.41, 5.74) is 4.15. The molecule has 0 atom stereocenters. The third kappa shape index (κ3) is 4.19. The van der Waals surface area contributed by atoms with Crippen molar-refractivity contribution in [3.63, 3.8) is 0 Å². The molecule has 0 fully saturated rings. The standard InChI is InChI=1S/C13H20N2S/c1-10-6-7-12(11(2)9-10)5-4-8-15-13(16)14-3/h6-7,9H,4-5,8H2,1-3H3,(H2,14,15,16). The Morgan fingerprint density at radius 1 is 1.31 bits per heavy atom. The molecule has 16 heavy (non-hydrogen) atoms. The molecule has 1 rings (SSSR count). The maximum atomic E-state index is 5.01. The van der Waals surface area contributed by atoms with Crippen LogP contribution in [0.2, 0.25) is 0 Å². The van der Waals surface area contributed by atoms with Crippen LogP contribution in [-0.4, -0.2) is 18.7 Å². The molecule has 0 aromatic heterocycles. The van der Waals surface area contributed by atoms with E-state index >= 15 is 0 Å². The van der Waals surface area contributed by atoms with E-state index in [2.05, 4.69) is 42.7 Å². The van der Waals surface area contributed by atoms with Crippen LogP contribution in [0.15, 0.2) is 18.2 Å². The smallest absolute Gasteiger partial charge is 0.166 e. The molecule has 0 bridgehead atoms. The first-order chi connectivity index (χ1) is 7.63. The Kier molecular flexibility index (Phi) is 5.26. The first-order valence-corrected chi connectivity index (χ1v) is 6.06. The van der Waals surface area contributed by atoms with Crippen molar-refractivity contribution >= 4 is 17.3 Å². The Labute approximate surface area is 103 Å². The zero-order valence-electron chi connectivity index (χ0n) is 10.3. The minimum Gasteiger partial charge on any atom is -0.366 e. The molecular formula is C13H20N2S. The molecule has 0 spiro atoms. The van der Waals surface area contributed by atoms with Gasteiger partial charge in [-0.15, -0.1) is 0 Å². The van der Waals surface area contributed by atoms with Crippen LogP contribution in [0.1, 0.15) is 23.1 Å². The monoisotopic (exact) mass is 236 g/mol. The first-order valence-electron chi connectivity index (χ1n) is 5.65. The Balaban J connectivity index is 2.35. The summed E-state index contributed by atoms with van der Waals surface area (Å²) in [5, 5.41) is 6.78. The van der Waals surface area contributed by atoms with Crippen LogP contribution in [0.5, 0.6) is 0 Å². The van der Waals surface area contributed by atoms with Crippen molar-refractivity contribution in [3.05, 3.63) is 34.9 Å². The number of hydrogen-bond acceptors (Lipinski definition) is 1. The van der Waals surface area contributed by atoms with Crippen LogP contribution in [0.4, 0.5) is 0 Å². The Bertz CT molecular complexity index is 361. The molecule has 3 heteroatoms. The second kappa shape index (κ2) is 6.48. The third-order valence-corrected chi connectivity index (χ3v) is 2.98. The fourth-order valence-corrected chi connectivity index (χ4v) is 1.80. The van der Waals surface area contributed by atoms with Gasteiger partial charge in [-0.05, 0) is 50.0 Å². The van der Waals surface area contributed by atoms with Crippen LogP contribution in [0, 0.1) is 13.8 Å². The molecule has 1 aromatic carbocycles. The summed E-state index contributed by atoms with van der Waals surface area (Å²) in [6.07, 6.45) is 2.21. The highest BCUT2D eigenvalue weighted by molar-refractivity contribution is 7.80. The molecule has 0 aliphatic rings. The second-order valence-electron chi connectivity index (χ2n) is 4.04. The maximum Gasteiger partial charge on any atom is 0.166 e. The van der Waals surface area contributed by atoms with Crippen LogP contribution < -0.4 is 10.6 Å². The SMILES string of the molecule is CNC(=S)NCCCc1ccc(C)cc1C. The molecule has 0 saturated heterocycles. The van der Waals surface area contributed by atoms with Crippen molar-refractivity contribution < 1.29 is 0 Å². The number of thiocarbonyl (C=S) groups is 1. The van der Waals surface area contributed by atoms with Gasteiger partial charge in [0.15, 0.2) is 5.11 Å². The summed E-state index contributed by atoms with van der Waals surface area (Å²) >= 11 is 5.01. The van der Waals surface area contributed by atoms with Gasteiger partial charge in [0, 0.05) is 13.6 Å². The quantitative estimate of drug-likeness (QED) is 0.620. The Hall–Kier alpha value is -1.09. The summed E-state index contributed by atoms with van der Waals surface area (Å²) in [7, 11) is 1.83. The highest BCUT2D eigenvalue weighted by Gasteiger charge is 1.98. The van der Waals surface area contributed by atoms with E-state index in [4.69, 9.17) is 12.2 Å². The van der Waals surface area contributed by atoms with Crippen molar-refractivity contribution in [1.82, 2.24) is 10.6 Å². The largest absolute Gasteiger partial charge is 0.366 e. The molecule has 0 heterocycles. The molecule has 88 valence electrons. The van der Waals surface area contributed by atoms with E-state index in [-0.39, 0.29) is 0 Å². The molecule has 0 unspecified atom stereocenters. The van der Waals surface area contributed by atoms with Gasteiger partial charge >= 0.3 is 0 Å². The predicted molar refractivity (Wildman–Crippen MR) is 73.9 cm³/mol. The van der Waals surface area contributed by atoms with E-state index in [1.807, 2.05) is 7.05 Å². The number of nitrogens with one attached hydrogen (secondary N) is 2. The van der Waals surface area contributed by atoms with Gasteiger partial charge in [-0.25, -0.2) is 0 Å². The molecule has 1 aromatic rings. The zero-order chi connectivity index (χ0) is 12.0. The van der Waals surface area contributed by atoms with Gasteiger partial charge in [0.05, 0.1) is 0 Å². The summed E-state index contributed by atoms with van der Waals surface area (Å²) in [4.78, 5) is 0. The number of hydrogen-bond donors (Lipinski definition) is 2. The fourth-order valence-electron chi connectivity index (χ4n) is 1.70. The van der Waals surface area contributed by atoms with Crippen molar-refractivity contribution in [3.8, 4) is 0 Å². The molecule has 2 nitrogen and oxygen atoms in total. The van der Waals surface area contributed by atoms with Gasteiger partial charge in [-0.3, -0.25) is 0 Å². The van der Waals surface area contributed by atoms with Crippen molar-refractivity contribution in [2.24, 2.45) is 0 Å². The topological polar surface area (TPSA) is 24.1 Å². The lowest BCUT2D eigenvalue weighted by Gasteiger charge is -2.09. The molecule has 0 radical (unpaired) electrons. The van der Waals surface area contributed by atoms with Crippen LogP contribution in [0.3, 0.4) is 0 Å². The predicted octanol–water partition coefficient (Wildman–Crippen LogP) is 2.33. The summed E-state index contributed by atoms with van der Waals surface area (Å²) in [6.45, 7) is 5.23. The van der Waals surface area contributed by atoms with Crippen LogP contribution in [-0.2, 0) is 6.42 Å². The minimum atomic E-state index is 0.723. The Morgan fingerprint density at radius 3 is 2.69 bits per heavy atom. The lowest BCUT2D eigenvalue weighted by atomic mass is 10.0. The van der Waals surface area contributed by atoms with E-state index in [0.29, 0.717) is 0 Å². The molecule has 2 N–H and O–H groups in total. The molecule has 0 amide bonds. The van der Waals surface area contributed by atoms with Crippen LogP contribution in [0.25, 0.3) is 0 Å². The Morgan fingerprint density at radius 2 is 2.06 bits per heavy atom.